The molecular formula is C10H19N5O. The Bertz CT molecular complexity index is 302. The lowest BCUT2D eigenvalue weighted by molar-refractivity contribution is -0.131. The number of azide groups is 1. The predicted molar refractivity (Wildman–Crippen MR) is 61.5 cm³/mol. The molecular weight excluding hydrogens is 206 g/mol. The van der Waals surface area contributed by atoms with Crippen LogP contribution < -0.4 is 11.1 Å². The van der Waals surface area contributed by atoms with Crippen LogP contribution >= 0.6 is 0 Å². The van der Waals surface area contributed by atoms with E-state index in [2.05, 4.69) is 29.2 Å². The fraction of sp³-hybridized carbons (Fsp3) is 0.900. The van der Waals surface area contributed by atoms with Gasteiger partial charge in [-0.3, -0.25) is 4.79 Å². The number of carbonyl (C=O) groups is 1. The minimum Gasteiger partial charge on any atom is -0.368 e. The molecule has 0 atom stereocenters. The zero-order chi connectivity index (χ0) is 12.2. The van der Waals surface area contributed by atoms with Crippen molar-refractivity contribution >= 4 is 5.91 Å². The van der Waals surface area contributed by atoms with Crippen molar-refractivity contribution in [2.45, 2.75) is 32.2 Å². The van der Waals surface area contributed by atoms with Crippen molar-refractivity contribution < 1.29 is 4.79 Å². The molecule has 90 valence electrons. The van der Waals surface area contributed by atoms with Crippen LogP contribution in [0.1, 0.15) is 26.7 Å². The molecule has 1 aliphatic rings. The minimum absolute atomic E-state index is 0.301. The van der Waals surface area contributed by atoms with Crippen LogP contribution in [0.2, 0.25) is 0 Å². The number of rotatable bonds is 6. The quantitative estimate of drug-likeness (QED) is 0.306. The van der Waals surface area contributed by atoms with Crippen molar-refractivity contribution in [3.8, 4) is 0 Å². The molecule has 0 bridgehead atoms. The monoisotopic (exact) mass is 225 g/mol. The highest BCUT2D eigenvalue weighted by molar-refractivity contribution is 5.85. The highest BCUT2D eigenvalue weighted by Crippen LogP contribution is 2.41. The fourth-order valence-electron chi connectivity index (χ4n) is 2.13. The molecule has 1 aliphatic carbocycles. The third-order valence-electron chi connectivity index (χ3n) is 3.37. The molecule has 1 rings (SSSR count). The van der Waals surface area contributed by atoms with E-state index in [9.17, 15) is 4.79 Å². The maximum Gasteiger partial charge on any atom is 0.237 e. The second-order valence-corrected chi connectivity index (χ2v) is 4.74. The van der Waals surface area contributed by atoms with E-state index in [1.165, 1.54) is 0 Å². The maximum atomic E-state index is 11.4. The van der Waals surface area contributed by atoms with Gasteiger partial charge < -0.3 is 11.1 Å². The number of carbonyl (C=O) groups excluding carboxylic acids is 1. The van der Waals surface area contributed by atoms with Crippen LogP contribution in [-0.4, -0.2) is 24.5 Å². The van der Waals surface area contributed by atoms with Gasteiger partial charge in [-0.15, -0.1) is 0 Å². The lowest BCUT2D eigenvalue weighted by Gasteiger charge is -2.47. The van der Waals surface area contributed by atoms with E-state index in [1.807, 2.05) is 0 Å². The van der Waals surface area contributed by atoms with Crippen molar-refractivity contribution in [2.75, 3.05) is 13.1 Å². The second-order valence-electron chi connectivity index (χ2n) is 4.74. The standard InChI is InChI=1S/C10H19N5O/c1-7(2)8-5-10(6-8,9(11)16)13-3-4-14-15-12/h7-8,13H,3-6H2,1-2H3,(H2,11,16). The summed E-state index contributed by atoms with van der Waals surface area (Å²) in [7, 11) is 0. The summed E-state index contributed by atoms with van der Waals surface area (Å²) in [6.07, 6.45) is 1.58. The summed E-state index contributed by atoms with van der Waals surface area (Å²) in [5.74, 6) is 0.830. The van der Waals surface area contributed by atoms with E-state index < -0.39 is 5.54 Å². The molecule has 1 amide bonds. The lowest BCUT2D eigenvalue weighted by atomic mass is 9.63. The zero-order valence-corrected chi connectivity index (χ0v) is 9.81. The normalized spacial score (nSPS) is 28.3. The Balaban J connectivity index is 2.45. The molecule has 6 nitrogen and oxygen atoms in total. The average molecular weight is 225 g/mol. The molecule has 1 saturated carbocycles. The first-order valence-corrected chi connectivity index (χ1v) is 5.57. The lowest BCUT2D eigenvalue weighted by Crippen LogP contribution is -2.64. The Morgan fingerprint density at radius 2 is 2.31 bits per heavy atom. The van der Waals surface area contributed by atoms with E-state index in [4.69, 9.17) is 11.3 Å². The first kappa shape index (κ1) is 12.8. The minimum atomic E-state index is -0.570. The SMILES string of the molecule is CC(C)C1CC(NCCN=[N+]=[N-])(C(N)=O)C1. The molecule has 0 unspecified atom stereocenters. The Hall–Kier alpha value is -1.26. The summed E-state index contributed by atoms with van der Waals surface area (Å²) < 4.78 is 0. The summed E-state index contributed by atoms with van der Waals surface area (Å²) in [6, 6.07) is 0. The third-order valence-corrected chi connectivity index (χ3v) is 3.37. The Labute approximate surface area is 95.2 Å². The zero-order valence-electron chi connectivity index (χ0n) is 9.81. The molecule has 16 heavy (non-hydrogen) atoms. The van der Waals surface area contributed by atoms with Gasteiger partial charge in [-0.25, -0.2) is 0 Å². The van der Waals surface area contributed by atoms with Crippen LogP contribution in [0.5, 0.6) is 0 Å². The number of hydrogen-bond acceptors (Lipinski definition) is 3. The van der Waals surface area contributed by atoms with Gasteiger partial charge in [-0.1, -0.05) is 19.0 Å². The van der Waals surface area contributed by atoms with Gasteiger partial charge in [-0.05, 0) is 30.2 Å². The Kier molecular flexibility index (Phi) is 4.15. The van der Waals surface area contributed by atoms with Crippen molar-refractivity contribution in [2.24, 2.45) is 22.7 Å². The molecule has 0 radical (unpaired) electrons. The van der Waals surface area contributed by atoms with E-state index in [-0.39, 0.29) is 5.91 Å². The molecule has 1 fully saturated rings. The van der Waals surface area contributed by atoms with Crippen LogP contribution in [0.4, 0.5) is 0 Å². The highest BCUT2D eigenvalue weighted by atomic mass is 16.1. The number of nitrogens with one attached hydrogen (secondary N) is 1. The molecule has 0 aromatic rings. The van der Waals surface area contributed by atoms with E-state index in [0.717, 1.165) is 12.8 Å². The molecule has 6 heteroatoms. The van der Waals surface area contributed by atoms with Crippen molar-refractivity contribution in [3.63, 3.8) is 0 Å². The van der Waals surface area contributed by atoms with Crippen molar-refractivity contribution in [3.05, 3.63) is 10.4 Å². The van der Waals surface area contributed by atoms with E-state index in [1.54, 1.807) is 0 Å². The molecule has 0 aliphatic heterocycles. The Morgan fingerprint density at radius 3 is 2.75 bits per heavy atom. The van der Waals surface area contributed by atoms with E-state index in [0.29, 0.717) is 24.9 Å². The average Bonchev–Trinajstić information content (AvgIpc) is 2.13. The van der Waals surface area contributed by atoms with E-state index >= 15 is 0 Å². The van der Waals surface area contributed by atoms with Gasteiger partial charge in [0, 0.05) is 18.0 Å². The van der Waals surface area contributed by atoms with Gasteiger partial charge in [-0.2, -0.15) is 0 Å². The summed E-state index contributed by atoms with van der Waals surface area (Å²) in [4.78, 5) is 14.0. The van der Waals surface area contributed by atoms with Crippen LogP contribution in [0.15, 0.2) is 5.11 Å². The van der Waals surface area contributed by atoms with Gasteiger partial charge in [0.05, 0.1) is 5.54 Å². The number of primary amides is 1. The predicted octanol–water partition coefficient (Wildman–Crippen LogP) is 1.18. The molecule has 0 aromatic carbocycles. The first-order valence-electron chi connectivity index (χ1n) is 5.57. The summed E-state index contributed by atoms with van der Waals surface area (Å²) in [6.45, 7) is 5.14. The number of nitrogens with two attached hydrogens (primary N) is 1. The summed E-state index contributed by atoms with van der Waals surface area (Å²) in [5.41, 5.74) is 13.0. The maximum absolute atomic E-state index is 11.4. The van der Waals surface area contributed by atoms with Crippen LogP contribution in [0.3, 0.4) is 0 Å². The first-order chi connectivity index (χ1) is 7.52. The summed E-state index contributed by atoms with van der Waals surface area (Å²) >= 11 is 0. The van der Waals surface area contributed by atoms with Gasteiger partial charge in [0.2, 0.25) is 5.91 Å². The Morgan fingerprint density at radius 1 is 1.69 bits per heavy atom. The number of nitrogens with zero attached hydrogens (tertiary/aromatic N) is 3. The molecule has 3 N–H and O–H groups in total. The fourth-order valence-corrected chi connectivity index (χ4v) is 2.13. The van der Waals surface area contributed by atoms with Crippen LogP contribution in [-0.2, 0) is 4.79 Å². The van der Waals surface area contributed by atoms with Gasteiger partial charge in [0.25, 0.3) is 0 Å². The molecule has 0 aromatic heterocycles. The van der Waals surface area contributed by atoms with Crippen LogP contribution in [0, 0.1) is 11.8 Å². The largest absolute Gasteiger partial charge is 0.368 e. The second kappa shape index (κ2) is 5.18. The van der Waals surface area contributed by atoms with Gasteiger partial charge in [0.15, 0.2) is 0 Å². The number of hydrogen-bond donors (Lipinski definition) is 2. The topological polar surface area (TPSA) is 104 Å². The van der Waals surface area contributed by atoms with Gasteiger partial charge in [0.1, 0.15) is 0 Å². The molecule has 0 spiro atoms. The summed E-state index contributed by atoms with van der Waals surface area (Å²) in [5, 5.41) is 6.52. The number of amides is 1. The molecule has 0 saturated heterocycles. The van der Waals surface area contributed by atoms with Crippen LogP contribution in [0.25, 0.3) is 10.4 Å². The molecule has 0 heterocycles. The van der Waals surface area contributed by atoms with Crippen molar-refractivity contribution in [1.82, 2.24) is 5.32 Å². The smallest absolute Gasteiger partial charge is 0.237 e. The third kappa shape index (κ3) is 2.65. The van der Waals surface area contributed by atoms with Gasteiger partial charge >= 0.3 is 0 Å². The highest BCUT2D eigenvalue weighted by Gasteiger charge is 2.49. The van der Waals surface area contributed by atoms with Crippen molar-refractivity contribution in [1.29, 1.82) is 0 Å².